The second kappa shape index (κ2) is 6.95. The molecule has 0 N–H and O–H groups in total. The number of rotatable bonds is 5. The zero-order valence-electron chi connectivity index (χ0n) is 14.4. The van der Waals surface area contributed by atoms with Gasteiger partial charge in [0, 0.05) is 12.1 Å². The van der Waals surface area contributed by atoms with E-state index in [0.29, 0.717) is 12.1 Å². The first-order chi connectivity index (χ1) is 12.7. The number of likely N-dealkylation sites (tertiary alicyclic amines) is 1. The second-order valence-electron chi connectivity index (χ2n) is 6.28. The van der Waals surface area contributed by atoms with E-state index in [0.717, 1.165) is 29.8 Å². The van der Waals surface area contributed by atoms with E-state index in [2.05, 4.69) is 15.5 Å². The van der Waals surface area contributed by atoms with Gasteiger partial charge in [0.1, 0.15) is 12.1 Å². The molecule has 2 aromatic carbocycles. The van der Waals surface area contributed by atoms with Crippen LogP contribution in [0, 0.1) is 0 Å². The molecule has 1 fully saturated rings. The van der Waals surface area contributed by atoms with Crippen LogP contribution in [0.2, 0.25) is 0 Å². The molecule has 1 aliphatic rings. The fourth-order valence-electron chi connectivity index (χ4n) is 3.18. The van der Waals surface area contributed by atoms with Crippen LogP contribution in [-0.4, -0.2) is 44.7 Å². The average Bonchev–Trinajstić information content (AvgIpc) is 3.14. The number of tetrazole rings is 1. The van der Waals surface area contributed by atoms with Gasteiger partial charge in [0.25, 0.3) is 5.91 Å². The monoisotopic (exact) mass is 349 g/mol. The molecule has 1 unspecified atom stereocenters. The molecule has 1 amide bonds. The molecule has 0 saturated carbocycles. The highest BCUT2D eigenvalue weighted by Crippen LogP contribution is 2.35. The predicted octanol–water partition coefficient (Wildman–Crippen LogP) is 2.32. The lowest BCUT2D eigenvalue weighted by Crippen LogP contribution is -2.45. The number of nitrogens with zero attached hydrogens (tertiary/aromatic N) is 5. The second-order valence-corrected chi connectivity index (χ2v) is 6.28. The summed E-state index contributed by atoms with van der Waals surface area (Å²) in [4.78, 5) is 14.8. The molecule has 0 bridgehead atoms. The number of benzene rings is 2. The molecule has 0 aliphatic carbocycles. The van der Waals surface area contributed by atoms with Crippen molar-refractivity contribution in [3.05, 3.63) is 71.5 Å². The van der Waals surface area contributed by atoms with Gasteiger partial charge in [-0.2, -0.15) is 0 Å². The number of hydrogen-bond donors (Lipinski definition) is 0. The van der Waals surface area contributed by atoms with Crippen molar-refractivity contribution in [2.75, 3.05) is 13.7 Å². The Morgan fingerprint density at radius 1 is 1.23 bits per heavy atom. The standard InChI is InChI=1S/C19H19N5O2/c1-26-17-4-2-3-16(11-17)18-9-10-24(18)19(25)15-7-5-14(6-8-15)12-23-13-20-21-22-23/h2-8,11,13,18H,9-10,12H2,1H3. The number of amides is 1. The van der Waals surface area contributed by atoms with Gasteiger partial charge < -0.3 is 9.64 Å². The first-order valence-corrected chi connectivity index (χ1v) is 8.49. The minimum atomic E-state index is 0.0537. The van der Waals surface area contributed by atoms with Gasteiger partial charge in [0.05, 0.1) is 19.7 Å². The van der Waals surface area contributed by atoms with Crippen LogP contribution in [0.3, 0.4) is 0 Å². The maximum absolute atomic E-state index is 12.9. The van der Waals surface area contributed by atoms with Crippen LogP contribution in [0.15, 0.2) is 54.9 Å². The first-order valence-electron chi connectivity index (χ1n) is 8.49. The van der Waals surface area contributed by atoms with E-state index in [1.54, 1.807) is 18.1 Å². The van der Waals surface area contributed by atoms with Gasteiger partial charge in [-0.05, 0) is 52.2 Å². The van der Waals surface area contributed by atoms with E-state index < -0.39 is 0 Å². The molecule has 0 spiro atoms. The third-order valence-electron chi connectivity index (χ3n) is 4.70. The normalized spacial score (nSPS) is 16.2. The van der Waals surface area contributed by atoms with E-state index in [-0.39, 0.29) is 11.9 Å². The van der Waals surface area contributed by atoms with Crippen LogP contribution >= 0.6 is 0 Å². The maximum atomic E-state index is 12.9. The van der Waals surface area contributed by atoms with Gasteiger partial charge in [-0.1, -0.05) is 24.3 Å². The van der Waals surface area contributed by atoms with Gasteiger partial charge in [0.2, 0.25) is 0 Å². The topological polar surface area (TPSA) is 73.1 Å². The average molecular weight is 349 g/mol. The highest BCUT2D eigenvalue weighted by atomic mass is 16.5. The van der Waals surface area contributed by atoms with Crippen LogP contribution in [0.5, 0.6) is 5.75 Å². The van der Waals surface area contributed by atoms with Gasteiger partial charge in [-0.25, -0.2) is 4.68 Å². The van der Waals surface area contributed by atoms with Crippen molar-refractivity contribution in [3.63, 3.8) is 0 Å². The lowest BCUT2D eigenvalue weighted by atomic mass is 9.93. The lowest BCUT2D eigenvalue weighted by Gasteiger charge is -2.41. The highest BCUT2D eigenvalue weighted by Gasteiger charge is 2.33. The third-order valence-corrected chi connectivity index (χ3v) is 4.70. The highest BCUT2D eigenvalue weighted by molar-refractivity contribution is 5.95. The Bertz CT molecular complexity index is 893. The van der Waals surface area contributed by atoms with Gasteiger partial charge >= 0.3 is 0 Å². The fourth-order valence-corrected chi connectivity index (χ4v) is 3.18. The van der Waals surface area contributed by atoms with Crippen molar-refractivity contribution in [1.29, 1.82) is 0 Å². The minimum absolute atomic E-state index is 0.0537. The Balaban J connectivity index is 1.46. The van der Waals surface area contributed by atoms with Crippen LogP contribution in [0.1, 0.15) is 33.9 Å². The summed E-state index contributed by atoms with van der Waals surface area (Å²) in [7, 11) is 1.65. The molecular formula is C19H19N5O2. The number of carbonyl (C=O) groups excluding carboxylic acids is 1. The summed E-state index contributed by atoms with van der Waals surface area (Å²) in [6.45, 7) is 1.35. The summed E-state index contributed by atoms with van der Waals surface area (Å²) in [6, 6.07) is 15.6. The molecule has 1 aromatic heterocycles. The molecule has 1 atom stereocenters. The molecule has 1 saturated heterocycles. The van der Waals surface area contributed by atoms with Gasteiger partial charge in [-0.3, -0.25) is 4.79 Å². The van der Waals surface area contributed by atoms with Crippen molar-refractivity contribution in [1.82, 2.24) is 25.1 Å². The summed E-state index contributed by atoms with van der Waals surface area (Å²) in [5.41, 5.74) is 2.85. The molecule has 26 heavy (non-hydrogen) atoms. The van der Waals surface area contributed by atoms with Gasteiger partial charge in [-0.15, -0.1) is 5.10 Å². The van der Waals surface area contributed by atoms with Crippen LogP contribution in [0.4, 0.5) is 0 Å². The van der Waals surface area contributed by atoms with E-state index in [9.17, 15) is 4.79 Å². The van der Waals surface area contributed by atoms with Crippen molar-refractivity contribution in [2.24, 2.45) is 0 Å². The number of methoxy groups -OCH3 is 1. The first kappa shape index (κ1) is 16.3. The molecule has 132 valence electrons. The van der Waals surface area contributed by atoms with Crippen LogP contribution in [0.25, 0.3) is 0 Å². The van der Waals surface area contributed by atoms with Crippen molar-refractivity contribution in [2.45, 2.75) is 19.0 Å². The predicted molar refractivity (Wildman–Crippen MR) is 94.7 cm³/mol. The summed E-state index contributed by atoms with van der Waals surface area (Å²) in [6.07, 6.45) is 2.54. The Hall–Kier alpha value is -3.22. The summed E-state index contributed by atoms with van der Waals surface area (Å²) < 4.78 is 6.93. The van der Waals surface area contributed by atoms with Crippen LogP contribution in [-0.2, 0) is 6.54 Å². The summed E-state index contributed by atoms with van der Waals surface area (Å²) >= 11 is 0. The minimum Gasteiger partial charge on any atom is -0.497 e. The van der Waals surface area contributed by atoms with Crippen LogP contribution < -0.4 is 4.74 Å². The quantitative estimate of drug-likeness (QED) is 0.707. The molecular weight excluding hydrogens is 330 g/mol. The molecule has 1 aliphatic heterocycles. The van der Waals surface area contributed by atoms with E-state index in [4.69, 9.17) is 4.74 Å². The van der Waals surface area contributed by atoms with Gasteiger partial charge in [0.15, 0.2) is 0 Å². The third kappa shape index (κ3) is 3.15. The zero-order chi connectivity index (χ0) is 17.9. The number of aromatic nitrogens is 4. The zero-order valence-corrected chi connectivity index (χ0v) is 14.4. The molecule has 4 rings (SSSR count). The largest absolute Gasteiger partial charge is 0.497 e. The Morgan fingerprint density at radius 2 is 2.08 bits per heavy atom. The SMILES string of the molecule is COc1cccc(C2CCN2C(=O)c2ccc(Cn3cnnn3)cc2)c1. The van der Waals surface area contributed by atoms with E-state index in [1.807, 2.05) is 53.4 Å². The number of hydrogen-bond acceptors (Lipinski definition) is 5. The lowest BCUT2D eigenvalue weighted by molar-refractivity contribution is 0.0460. The molecule has 7 heteroatoms. The maximum Gasteiger partial charge on any atom is 0.254 e. The molecule has 2 heterocycles. The van der Waals surface area contributed by atoms with E-state index >= 15 is 0 Å². The number of carbonyl (C=O) groups is 1. The Labute approximate surface area is 151 Å². The Morgan fingerprint density at radius 3 is 2.73 bits per heavy atom. The summed E-state index contributed by atoms with van der Waals surface area (Å²) in [5, 5.41) is 11.1. The molecule has 7 nitrogen and oxygen atoms in total. The van der Waals surface area contributed by atoms with E-state index in [1.165, 1.54) is 0 Å². The Kier molecular flexibility index (Phi) is 4.35. The van der Waals surface area contributed by atoms with Crippen molar-refractivity contribution in [3.8, 4) is 5.75 Å². The number of ether oxygens (including phenoxy) is 1. The molecule has 0 radical (unpaired) electrons. The smallest absolute Gasteiger partial charge is 0.254 e. The summed E-state index contributed by atoms with van der Waals surface area (Å²) in [5.74, 6) is 0.867. The van der Waals surface area contributed by atoms with Crippen molar-refractivity contribution < 1.29 is 9.53 Å². The van der Waals surface area contributed by atoms with Crippen molar-refractivity contribution >= 4 is 5.91 Å². The molecule has 3 aromatic rings. The fraction of sp³-hybridized carbons (Fsp3) is 0.263.